The fourth-order valence-electron chi connectivity index (χ4n) is 2.59. The van der Waals surface area contributed by atoms with Crippen LogP contribution >= 0.6 is 0 Å². The number of hydrogen-bond donors (Lipinski definition) is 1. The first kappa shape index (κ1) is 12.7. The third-order valence-electron chi connectivity index (χ3n) is 3.41. The van der Waals surface area contributed by atoms with Crippen LogP contribution in [-0.2, 0) is 0 Å². The Morgan fingerprint density at radius 1 is 1.47 bits per heavy atom. The van der Waals surface area contributed by atoms with Crippen LogP contribution in [0, 0.1) is 5.92 Å². The topological polar surface area (TPSA) is 15.3 Å². The highest BCUT2D eigenvalue weighted by Gasteiger charge is 2.29. The number of nitrogens with zero attached hydrogens (tertiary/aromatic N) is 1. The first-order chi connectivity index (χ1) is 7.16. The molecule has 0 aliphatic carbocycles. The second-order valence-electron chi connectivity index (χ2n) is 4.99. The zero-order chi connectivity index (χ0) is 11.3. The molecule has 1 heterocycles. The molecule has 88 valence electrons. The molecule has 0 amide bonds. The van der Waals surface area contributed by atoms with Gasteiger partial charge in [-0.15, -0.1) is 6.58 Å². The van der Waals surface area contributed by atoms with Crippen LogP contribution in [0.5, 0.6) is 0 Å². The number of likely N-dealkylation sites (tertiary alicyclic amines) is 1. The lowest BCUT2D eigenvalue weighted by molar-refractivity contribution is 0.154. The van der Waals surface area contributed by atoms with Crippen molar-refractivity contribution in [1.82, 2.24) is 10.2 Å². The Kier molecular flexibility index (Phi) is 5.34. The Labute approximate surface area is 94.7 Å². The highest BCUT2D eigenvalue weighted by molar-refractivity contribution is 4.86. The van der Waals surface area contributed by atoms with Crippen LogP contribution in [0.4, 0.5) is 0 Å². The van der Waals surface area contributed by atoms with E-state index in [4.69, 9.17) is 0 Å². The van der Waals surface area contributed by atoms with Gasteiger partial charge in [-0.05, 0) is 32.2 Å². The van der Waals surface area contributed by atoms with Crippen molar-refractivity contribution >= 4 is 0 Å². The third kappa shape index (κ3) is 3.62. The SMILES string of the molecule is C=CCNCC(C)N1CCCC1C(C)C. The molecule has 0 radical (unpaired) electrons. The summed E-state index contributed by atoms with van der Waals surface area (Å²) in [6.45, 7) is 14.0. The maximum atomic E-state index is 3.72. The molecule has 2 atom stereocenters. The lowest BCUT2D eigenvalue weighted by Gasteiger charge is -2.33. The predicted molar refractivity (Wildman–Crippen MR) is 67.1 cm³/mol. The van der Waals surface area contributed by atoms with Gasteiger partial charge in [0.05, 0.1) is 0 Å². The molecule has 0 bridgehead atoms. The van der Waals surface area contributed by atoms with E-state index in [0.717, 1.165) is 25.0 Å². The Morgan fingerprint density at radius 3 is 2.80 bits per heavy atom. The average Bonchev–Trinajstić information content (AvgIpc) is 2.66. The van der Waals surface area contributed by atoms with Gasteiger partial charge in [0.1, 0.15) is 0 Å². The van der Waals surface area contributed by atoms with Crippen molar-refractivity contribution in [2.45, 2.75) is 45.7 Å². The van der Waals surface area contributed by atoms with Crippen LogP contribution in [0.2, 0.25) is 0 Å². The first-order valence-electron chi connectivity index (χ1n) is 6.24. The molecule has 1 rings (SSSR count). The monoisotopic (exact) mass is 210 g/mol. The maximum absolute atomic E-state index is 3.72. The summed E-state index contributed by atoms with van der Waals surface area (Å²) in [5.74, 6) is 0.786. The molecule has 0 spiro atoms. The molecule has 2 heteroatoms. The zero-order valence-electron chi connectivity index (χ0n) is 10.5. The van der Waals surface area contributed by atoms with E-state index in [0.29, 0.717) is 6.04 Å². The van der Waals surface area contributed by atoms with Gasteiger partial charge in [0, 0.05) is 25.2 Å². The Bertz CT molecular complexity index is 189. The summed E-state index contributed by atoms with van der Waals surface area (Å²) in [6, 6.07) is 1.45. The summed E-state index contributed by atoms with van der Waals surface area (Å²) in [5, 5.41) is 3.41. The van der Waals surface area contributed by atoms with E-state index in [1.807, 2.05) is 6.08 Å². The number of hydrogen-bond acceptors (Lipinski definition) is 2. The molecule has 0 aromatic heterocycles. The van der Waals surface area contributed by atoms with Crippen molar-refractivity contribution in [3.05, 3.63) is 12.7 Å². The van der Waals surface area contributed by atoms with E-state index in [1.165, 1.54) is 19.4 Å². The van der Waals surface area contributed by atoms with Gasteiger partial charge in [0.2, 0.25) is 0 Å². The molecule has 1 N–H and O–H groups in total. The summed E-state index contributed by atoms with van der Waals surface area (Å²) >= 11 is 0. The van der Waals surface area contributed by atoms with E-state index in [1.54, 1.807) is 0 Å². The van der Waals surface area contributed by atoms with Crippen LogP contribution in [-0.4, -0.2) is 36.6 Å². The summed E-state index contributed by atoms with van der Waals surface area (Å²) in [5.41, 5.74) is 0. The van der Waals surface area contributed by atoms with Crippen LogP contribution in [0.1, 0.15) is 33.6 Å². The normalized spacial score (nSPS) is 24.7. The fourth-order valence-corrected chi connectivity index (χ4v) is 2.59. The van der Waals surface area contributed by atoms with Crippen LogP contribution in [0.15, 0.2) is 12.7 Å². The molecular formula is C13H26N2. The van der Waals surface area contributed by atoms with Crippen molar-refractivity contribution in [2.24, 2.45) is 5.92 Å². The van der Waals surface area contributed by atoms with Crippen molar-refractivity contribution in [3.8, 4) is 0 Å². The van der Waals surface area contributed by atoms with Gasteiger partial charge in [-0.25, -0.2) is 0 Å². The van der Waals surface area contributed by atoms with E-state index in [2.05, 4.69) is 37.6 Å². The second-order valence-corrected chi connectivity index (χ2v) is 4.99. The van der Waals surface area contributed by atoms with Crippen LogP contribution in [0.3, 0.4) is 0 Å². The third-order valence-corrected chi connectivity index (χ3v) is 3.41. The van der Waals surface area contributed by atoms with Gasteiger partial charge >= 0.3 is 0 Å². The lowest BCUT2D eigenvalue weighted by atomic mass is 10.0. The van der Waals surface area contributed by atoms with Crippen molar-refractivity contribution in [3.63, 3.8) is 0 Å². The summed E-state index contributed by atoms with van der Waals surface area (Å²) in [6.07, 6.45) is 4.68. The molecule has 1 fully saturated rings. The number of rotatable bonds is 6. The Morgan fingerprint density at radius 2 is 2.20 bits per heavy atom. The average molecular weight is 210 g/mol. The minimum Gasteiger partial charge on any atom is -0.312 e. The molecule has 2 unspecified atom stereocenters. The molecule has 0 saturated carbocycles. The lowest BCUT2D eigenvalue weighted by Crippen LogP contribution is -2.45. The largest absolute Gasteiger partial charge is 0.312 e. The minimum atomic E-state index is 0.653. The van der Waals surface area contributed by atoms with E-state index < -0.39 is 0 Å². The van der Waals surface area contributed by atoms with Gasteiger partial charge in [0.15, 0.2) is 0 Å². The smallest absolute Gasteiger partial charge is 0.0195 e. The van der Waals surface area contributed by atoms with Gasteiger partial charge in [-0.2, -0.15) is 0 Å². The number of nitrogens with one attached hydrogen (secondary N) is 1. The highest BCUT2D eigenvalue weighted by Crippen LogP contribution is 2.25. The molecular weight excluding hydrogens is 184 g/mol. The van der Waals surface area contributed by atoms with E-state index in [9.17, 15) is 0 Å². The zero-order valence-corrected chi connectivity index (χ0v) is 10.5. The van der Waals surface area contributed by atoms with E-state index in [-0.39, 0.29) is 0 Å². The standard InChI is InChI=1S/C13H26N2/c1-5-8-14-10-12(4)15-9-6-7-13(15)11(2)3/h5,11-14H,1,6-10H2,2-4H3. The quantitative estimate of drug-likeness (QED) is 0.534. The maximum Gasteiger partial charge on any atom is 0.0195 e. The second kappa shape index (κ2) is 6.29. The van der Waals surface area contributed by atoms with Gasteiger partial charge in [0.25, 0.3) is 0 Å². The molecule has 2 nitrogen and oxygen atoms in total. The van der Waals surface area contributed by atoms with Gasteiger partial charge < -0.3 is 5.32 Å². The molecule has 0 aromatic carbocycles. The first-order valence-corrected chi connectivity index (χ1v) is 6.24. The summed E-state index contributed by atoms with van der Waals surface area (Å²) < 4.78 is 0. The molecule has 1 saturated heterocycles. The van der Waals surface area contributed by atoms with Crippen molar-refractivity contribution in [2.75, 3.05) is 19.6 Å². The Hall–Kier alpha value is -0.340. The highest BCUT2D eigenvalue weighted by atomic mass is 15.2. The van der Waals surface area contributed by atoms with Crippen LogP contribution < -0.4 is 5.32 Å². The predicted octanol–water partition coefficient (Wildman–Crippen LogP) is 2.27. The minimum absolute atomic E-state index is 0.653. The fraction of sp³-hybridized carbons (Fsp3) is 0.846. The molecule has 1 aliphatic heterocycles. The van der Waals surface area contributed by atoms with Gasteiger partial charge in [-0.1, -0.05) is 19.9 Å². The van der Waals surface area contributed by atoms with E-state index >= 15 is 0 Å². The van der Waals surface area contributed by atoms with Crippen molar-refractivity contribution in [1.29, 1.82) is 0 Å². The van der Waals surface area contributed by atoms with Gasteiger partial charge in [-0.3, -0.25) is 4.90 Å². The van der Waals surface area contributed by atoms with Crippen molar-refractivity contribution < 1.29 is 0 Å². The Balaban J connectivity index is 2.36. The molecule has 1 aliphatic rings. The van der Waals surface area contributed by atoms with Crippen LogP contribution in [0.25, 0.3) is 0 Å². The summed E-state index contributed by atoms with van der Waals surface area (Å²) in [4.78, 5) is 2.67. The molecule has 0 aromatic rings. The molecule has 15 heavy (non-hydrogen) atoms. The summed E-state index contributed by atoms with van der Waals surface area (Å²) in [7, 11) is 0.